The largest absolute Gasteiger partial charge is 0.334 e. The number of hydrogen-bond donors (Lipinski definition) is 2. The van der Waals surface area contributed by atoms with Gasteiger partial charge in [-0.15, -0.1) is 0 Å². The van der Waals surface area contributed by atoms with Crippen molar-refractivity contribution >= 4 is 23.4 Å². The van der Waals surface area contributed by atoms with Crippen LogP contribution in [0.1, 0.15) is 23.1 Å². The molecule has 1 heterocycles. The molecule has 0 bridgehead atoms. The number of amides is 4. The fourth-order valence-corrected chi connectivity index (χ4v) is 3.89. The molecule has 2 N–H and O–H groups in total. The van der Waals surface area contributed by atoms with E-state index in [-0.39, 0.29) is 17.9 Å². The summed E-state index contributed by atoms with van der Waals surface area (Å²) in [6.45, 7) is 3.93. The molecule has 6 nitrogen and oxygen atoms in total. The Morgan fingerprint density at radius 3 is 2.48 bits per heavy atom. The number of nitrogens with zero attached hydrogens (tertiary/aromatic N) is 2. The van der Waals surface area contributed by atoms with E-state index in [1.165, 1.54) is 12.1 Å². The highest BCUT2D eigenvalue weighted by Crippen LogP contribution is 2.30. The summed E-state index contributed by atoms with van der Waals surface area (Å²) >= 11 is 0. The minimum absolute atomic E-state index is 0.137. The van der Waals surface area contributed by atoms with Gasteiger partial charge in [-0.3, -0.25) is 4.90 Å². The van der Waals surface area contributed by atoms with Gasteiger partial charge < -0.3 is 15.5 Å². The van der Waals surface area contributed by atoms with E-state index in [0.717, 1.165) is 23.1 Å². The summed E-state index contributed by atoms with van der Waals surface area (Å²) in [5, 5.41) is 5.77. The Balaban J connectivity index is 1.47. The Bertz CT molecular complexity index is 1120. The van der Waals surface area contributed by atoms with Gasteiger partial charge in [0.1, 0.15) is 5.82 Å². The number of hydrogen-bond acceptors (Lipinski definition) is 2. The van der Waals surface area contributed by atoms with Crippen LogP contribution >= 0.6 is 0 Å². The molecule has 7 heteroatoms. The zero-order valence-electron chi connectivity index (χ0n) is 18.6. The lowest BCUT2D eigenvalue weighted by molar-refractivity contribution is 0.192. The van der Waals surface area contributed by atoms with Crippen LogP contribution in [0.5, 0.6) is 0 Å². The summed E-state index contributed by atoms with van der Waals surface area (Å²) in [5.74, 6) is -0.300. The van der Waals surface area contributed by atoms with Crippen molar-refractivity contribution in [2.24, 2.45) is 0 Å². The molecule has 0 aromatic heterocycles. The van der Waals surface area contributed by atoms with Crippen LogP contribution in [-0.4, -0.2) is 30.1 Å². The topological polar surface area (TPSA) is 64.7 Å². The number of nitrogens with one attached hydrogen (secondary N) is 2. The minimum atomic E-state index is -0.335. The van der Waals surface area contributed by atoms with Gasteiger partial charge in [0, 0.05) is 26.2 Å². The molecule has 0 saturated carbocycles. The Kier molecular flexibility index (Phi) is 6.88. The summed E-state index contributed by atoms with van der Waals surface area (Å²) < 4.78 is 13.2. The first kappa shape index (κ1) is 22.3. The SMILES string of the molecule is Cc1ccc(N2CCCN(Cc3ccc(F)cc3)C2=O)c(NC(=O)NCc2ccccc2)c1. The molecule has 0 spiro atoms. The highest BCUT2D eigenvalue weighted by Gasteiger charge is 2.28. The highest BCUT2D eigenvalue weighted by atomic mass is 19.1. The van der Waals surface area contributed by atoms with Crippen molar-refractivity contribution in [1.82, 2.24) is 10.2 Å². The van der Waals surface area contributed by atoms with Crippen molar-refractivity contribution in [3.8, 4) is 0 Å². The van der Waals surface area contributed by atoms with E-state index in [4.69, 9.17) is 0 Å². The number of urea groups is 2. The molecule has 0 unspecified atom stereocenters. The molecule has 170 valence electrons. The lowest BCUT2D eigenvalue weighted by atomic mass is 10.1. The van der Waals surface area contributed by atoms with Crippen molar-refractivity contribution in [3.05, 3.63) is 95.3 Å². The average Bonchev–Trinajstić information content (AvgIpc) is 2.82. The molecule has 1 fully saturated rings. The predicted molar refractivity (Wildman–Crippen MR) is 128 cm³/mol. The van der Waals surface area contributed by atoms with E-state index in [2.05, 4.69) is 10.6 Å². The lowest BCUT2D eigenvalue weighted by Gasteiger charge is -2.36. The quantitative estimate of drug-likeness (QED) is 0.541. The standard InChI is InChI=1S/C26H27FN4O2/c1-19-8-13-24(23(16-19)29-25(32)28-17-20-6-3-2-4-7-20)31-15-5-14-30(26(31)33)18-21-9-11-22(27)12-10-21/h2-4,6-13,16H,5,14-15,17-18H2,1H3,(H2,28,29,32). The van der Waals surface area contributed by atoms with E-state index in [1.807, 2.05) is 55.5 Å². The van der Waals surface area contributed by atoms with E-state index < -0.39 is 0 Å². The van der Waals surface area contributed by atoms with Gasteiger partial charge in [-0.05, 0) is 54.3 Å². The zero-order valence-corrected chi connectivity index (χ0v) is 18.6. The first-order valence-corrected chi connectivity index (χ1v) is 11.0. The number of carbonyl (C=O) groups is 2. The van der Waals surface area contributed by atoms with Gasteiger partial charge >= 0.3 is 12.1 Å². The average molecular weight is 447 g/mol. The van der Waals surface area contributed by atoms with Crippen LogP contribution in [0.3, 0.4) is 0 Å². The fourth-order valence-electron chi connectivity index (χ4n) is 3.89. The second-order valence-electron chi connectivity index (χ2n) is 8.15. The summed E-state index contributed by atoms with van der Waals surface area (Å²) in [5.41, 5.74) is 4.08. The third-order valence-electron chi connectivity index (χ3n) is 5.58. The third kappa shape index (κ3) is 5.68. The summed E-state index contributed by atoms with van der Waals surface area (Å²) in [7, 11) is 0. The summed E-state index contributed by atoms with van der Waals surface area (Å²) in [4.78, 5) is 29.3. The van der Waals surface area contributed by atoms with Crippen molar-refractivity contribution in [2.45, 2.75) is 26.4 Å². The van der Waals surface area contributed by atoms with Gasteiger partial charge in [0.25, 0.3) is 0 Å². The van der Waals surface area contributed by atoms with Gasteiger partial charge in [-0.2, -0.15) is 0 Å². The molecular formula is C26H27FN4O2. The van der Waals surface area contributed by atoms with Gasteiger partial charge in [0.2, 0.25) is 0 Å². The predicted octanol–water partition coefficient (Wildman–Crippen LogP) is 5.29. The first-order valence-electron chi connectivity index (χ1n) is 11.0. The molecule has 1 aliphatic rings. The van der Waals surface area contributed by atoms with Gasteiger partial charge in [-0.25, -0.2) is 14.0 Å². The smallest absolute Gasteiger partial charge is 0.324 e. The molecule has 4 amide bonds. The molecule has 33 heavy (non-hydrogen) atoms. The summed E-state index contributed by atoms with van der Waals surface area (Å²) in [6.07, 6.45) is 0.792. The van der Waals surface area contributed by atoms with Crippen LogP contribution in [0.4, 0.5) is 25.4 Å². The number of rotatable bonds is 6. The van der Waals surface area contributed by atoms with E-state index >= 15 is 0 Å². The van der Waals surface area contributed by atoms with Gasteiger partial charge in [0.05, 0.1) is 11.4 Å². The number of halogens is 1. The van der Waals surface area contributed by atoms with Crippen LogP contribution in [0.2, 0.25) is 0 Å². The van der Waals surface area contributed by atoms with Crippen LogP contribution in [-0.2, 0) is 13.1 Å². The number of benzene rings is 3. The molecule has 4 rings (SSSR count). The van der Waals surface area contributed by atoms with Crippen molar-refractivity contribution in [1.29, 1.82) is 0 Å². The maximum absolute atomic E-state index is 13.3. The Morgan fingerprint density at radius 2 is 1.73 bits per heavy atom. The molecule has 3 aromatic carbocycles. The second-order valence-corrected chi connectivity index (χ2v) is 8.15. The van der Waals surface area contributed by atoms with Crippen LogP contribution in [0.25, 0.3) is 0 Å². The van der Waals surface area contributed by atoms with Gasteiger partial charge in [-0.1, -0.05) is 48.5 Å². The fraction of sp³-hybridized carbons (Fsp3) is 0.231. The maximum atomic E-state index is 13.3. The third-order valence-corrected chi connectivity index (χ3v) is 5.58. The van der Waals surface area contributed by atoms with Crippen LogP contribution in [0.15, 0.2) is 72.8 Å². The molecule has 1 saturated heterocycles. The number of anilines is 2. The first-order chi connectivity index (χ1) is 16.0. The van der Waals surface area contributed by atoms with Crippen molar-refractivity contribution < 1.29 is 14.0 Å². The Hall–Kier alpha value is -3.87. The van der Waals surface area contributed by atoms with Crippen LogP contribution < -0.4 is 15.5 Å². The van der Waals surface area contributed by atoms with Crippen molar-refractivity contribution in [3.63, 3.8) is 0 Å². The monoisotopic (exact) mass is 446 g/mol. The summed E-state index contributed by atoms with van der Waals surface area (Å²) in [6, 6.07) is 21.0. The number of carbonyl (C=O) groups excluding carboxylic acids is 2. The minimum Gasteiger partial charge on any atom is -0.334 e. The van der Waals surface area contributed by atoms with Gasteiger partial charge in [0.15, 0.2) is 0 Å². The molecule has 3 aromatic rings. The Morgan fingerprint density at radius 1 is 0.970 bits per heavy atom. The number of aryl methyl sites for hydroxylation is 1. The molecule has 0 aliphatic carbocycles. The van der Waals surface area contributed by atoms with E-state index in [9.17, 15) is 14.0 Å². The van der Waals surface area contributed by atoms with Crippen LogP contribution in [0, 0.1) is 12.7 Å². The normalized spacial score (nSPS) is 13.7. The highest BCUT2D eigenvalue weighted by molar-refractivity contribution is 6.00. The molecule has 0 atom stereocenters. The Labute approximate surface area is 193 Å². The van der Waals surface area contributed by atoms with E-state index in [1.54, 1.807) is 21.9 Å². The maximum Gasteiger partial charge on any atom is 0.324 e. The molecule has 1 aliphatic heterocycles. The molecular weight excluding hydrogens is 419 g/mol. The van der Waals surface area contributed by atoms with E-state index in [0.29, 0.717) is 37.6 Å². The zero-order chi connectivity index (χ0) is 23.2. The lowest BCUT2D eigenvalue weighted by Crippen LogP contribution is -2.49. The van der Waals surface area contributed by atoms with Crippen molar-refractivity contribution in [2.75, 3.05) is 23.3 Å². The molecule has 0 radical (unpaired) electrons. The second kappa shape index (κ2) is 10.2.